The van der Waals surface area contributed by atoms with Gasteiger partial charge in [0, 0.05) is 12.5 Å². The normalized spacial score (nSPS) is 20.0. The molecule has 9 nitrogen and oxygen atoms in total. The van der Waals surface area contributed by atoms with Crippen molar-refractivity contribution in [1.82, 2.24) is 19.7 Å². The second kappa shape index (κ2) is 6.26. The summed E-state index contributed by atoms with van der Waals surface area (Å²) in [5.74, 6) is 1.01. The Kier molecular flexibility index (Phi) is 4.45. The molecule has 0 spiro atoms. The number of aryl methyl sites for hydroxylation is 2. The molecule has 0 aromatic carbocycles. The zero-order chi connectivity index (χ0) is 17.5. The Balaban J connectivity index is 2.00. The lowest BCUT2D eigenvalue weighted by Gasteiger charge is -2.32. The summed E-state index contributed by atoms with van der Waals surface area (Å²) >= 11 is 0. The number of ether oxygens (including phenoxy) is 1. The van der Waals surface area contributed by atoms with E-state index in [4.69, 9.17) is 13.7 Å². The van der Waals surface area contributed by atoms with Crippen LogP contribution in [-0.2, 0) is 14.8 Å². The lowest BCUT2D eigenvalue weighted by Crippen LogP contribution is -2.43. The van der Waals surface area contributed by atoms with E-state index in [1.165, 1.54) is 4.31 Å². The fraction of sp³-hybridized carbons (Fsp3) is 0.643. The van der Waals surface area contributed by atoms with Crippen molar-refractivity contribution < 1.29 is 22.1 Å². The van der Waals surface area contributed by atoms with Crippen LogP contribution in [0.2, 0.25) is 0 Å². The molecule has 132 valence electrons. The summed E-state index contributed by atoms with van der Waals surface area (Å²) in [5, 5.41) is 11.7. The van der Waals surface area contributed by atoms with Crippen LogP contribution < -0.4 is 0 Å². The van der Waals surface area contributed by atoms with Crippen molar-refractivity contribution in [2.45, 2.75) is 44.6 Å². The summed E-state index contributed by atoms with van der Waals surface area (Å²) in [7, 11) is -3.82. The van der Waals surface area contributed by atoms with E-state index in [0.29, 0.717) is 18.2 Å². The Hall–Kier alpha value is -1.78. The van der Waals surface area contributed by atoms with E-state index >= 15 is 0 Å². The molecule has 1 fully saturated rings. The van der Waals surface area contributed by atoms with Gasteiger partial charge < -0.3 is 13.7 Å². The minimum Gasteiger partial charge on any atom is -0.423 e. The van der Waals surface area contributed by atoms with E-state index in [2.05, 4.69) is 15.4 Å². The Bertz CT molecular complexity index is 807. The van der Waals surface area contributed by atoms with E-state index in [1.54, 1.807) is 13.8 Å². The van der Waals surface area contributed by atoms with Gasteiger partial charge in [-0.25, -0.2) is 8.42 Å². The summed E-state index contributed by atoms with van der Waals surface area (Å²) in [4.78, 5) is 0.0815. The monoisotopic (exact) mass is 356 g/mol. The fourth-order valence-electron chi connectivity index (χ4n) is 2.65. The van der Waals surface area contributed by atoms with Crippen LogP contribution >= 0.6 is 0 Å². The standard InChI is InChI=1S/C14H20N4O5S/c1-8(2)13-15-16-14(22-13)11-7-21-6-5-18(11)24(19,20)12-9(3)17-23-10(12)4/h8,11H,5-7H2,1-4H3. The lowest BCUT2D eigenvalue weighted by molar-refractivity contribution is 0.0218. The third kappa shape index (κ3) is 2.85. The van der Waals surface area contributed by atoms with Crippen molar-refractivity contribution in [2.75, 3.05) is 19.8 Å². The van der Waals surface area contributed by atoms with Gasteiger partial charge in [-0.15, -0.1) is 10.2 Å². The predicted molar refractivity (Wildman–Crippen MR) is 81.8 cm³/mol. The van der Waals surface area contributed by atoms with Crippen molar-refractivity contribution in [3.8, 4) is 0 Å². The SMILES string of the molecule is Cc1noc(C)c1S(=O)(=O)N1CCOCC1c1nnc(C(C)C)o1. The number of rotatable bonds is 4. The minimum absolute atomic E-state index is 0.0587. The van der Waals surface area contributed by atoms with Crippen LogP contribution in [0, 0.1) is 13.8 Å². The maximum absolute atomic E-state index is 13.1. The van der Waals surface area contributed by atoms with Crippen molar-refractivity contribution in [3.05, 3.63) is 23.2 Å². The van der Waals surface area contributed by atoms with E-state index < -0.39 is 16.1 Å². The molecule has 1 aliphatic heterocycles. The molecular weight excluding hydrogens is 336 g/mol. The summed E-state index contributed by atoms with van der Waals surface area (Å²) < 4.78 is 43.6. The van der Waals surface area contributed by atoms with E-state index in [1.807, 2.05) is 13.8 Å². The molecule has 1 aliphatic rings. The van der Waals surface area contributed by atoms with Gasteiger partial charge in [0.1, 0.15) is 16.6 Å². The molecule has 10 heteroatoms. The van der Waals surface area contributed by atoms with Crippen LogP contribution in [0.3, 0.4) is 0 Å². The molecule has 0 radical (unpaired) electrons. The van der Waals surface area contributed by atoms with Gasteiger partial charge in [0.25, 0.3) is 0 Å². The molecule has 2 aromatic rings. The summed E-state index contributed by atoms with van der Waals surface area (Å²) in [6, 6.07) is -0.669. The van der Waals surface area contributed by atoms with Crippen molar-refractivity contribution >= 4 is 10.0 Å². The van der Waals surface area contributed by atoms with Crippen LogP contribution in [0.5, 0.6) is 0 Å². The van der Waals surface area contributed by atoms with E-state index in [-0.39, 0.29) is 35.6 Å². The van der Waals surface area contributed by atoms with Crippen molar-refractivity contribution in [1.29, 1.82) is 0 Å². The first-order chi connectivity index (χ1) is 11.3. The molecule has 0 amide bonds. The largest absolute Gasteiger partial charge is 0.423 e. The Morgan fingerprint density at radius 2 is 2.00 bits per heavy atom. The number of nitrogens with zero attached hydrogens (tertiary/aromatic N) is 4. The Morgan fingerprint density at radius 1 is 1.25 bits per heavy atom. The molecule has 1 atom stereocenters. The maximum atomic E-state index is 13.1. The first-order valence-corrected chi connectivity index (χ1v) is 9.12. The van der Waals surface area contributed by atoms with Gasteiger partial charge in [-0.1, -0.05) is 19.0 Å². The lowest BCUT2D eigenvalue weighted by atomic mass is 10.2. The number of hydrogen-bond donors (Lipinski definition) is 0. The molecule has 1 saturated heterocycles. The predicted octanol–water partition coefficient (Wildman–Crippen LogP) is 1.56. The second-order valence-electron chi connectivity index (χ2n) is 5.99. The molecule has 24 heavy (non-hydrogen) atoms. The molecule has 0 N–H and O–H groups in total. The molecular formula is C14H20N4O5S. The Morgan fingerprint density at radius 3 is 2.58 bits per heavy atom. The molecule has 2 aromatic heterocycles. The molecule has 0 saturated carbocycles. The smallest absolute Gasteiger partial charge is 0.249 e. The van der Waals surface area contributed by atoms with Crippen molar-refractivity contribution in [2.24, 2.45) is 0 Å². The van der Waals surface area contributed by atoms with E-state index in [9.17, 15) is 8.42 Å². The van der Waals surface area contributed by atoms with Gasteiger partial charge in [-0.05, 0) is 13.8 Å². The highest BCUT2D eigenvalue weighted by atomic mass is 32.2. The number of aromatic nitrogens is 3. The molecule has 0 bridgehead atoms. The topological polar surface area (TPSA) is 112 Å². The highest BCUT2D eigenvalue weighted by molar-refractivity contribution is 7.89. The number of morpholine rings is 1. The van der Waals surface area contributed by atoms with Crippen molar-refractivity contribution in [3.63, 3.8) is 0 Å². The minimum atomic E-state index is -3.82. The highest BCUT2D eigenvalue weighted by Gasteiger charge is 2.40. The average molecular weight is 356 g/mol. The van der Waals surface area contributed by atoms with Gasteiger partial charge >= 0.3 is 0 Å². The van der Waals surface area contributed by atoms with Crippen LogP contribution in [-0.4, -0.2) is 47.8 Å². The quantitative estimate of drug-likeness (QED) is 0.811. The molecule has 0 aliphatic carbocycles. The maximum Gasteiger partial charge on any atom is 0.249 e. The number of sulfonamides is 1. The summed E-state index contributed by atoms with van der Waals surface area (Å²) in [6.45, 7) is 7.66. The Labute approximate surface area is 140 Å². The third-order valence-corrected chi connectivity index (χ3v) is 6.00. The third-order valence-electron chi connectivity index (χ3n) is 3.85. The van der Waals surface area contributed by atoms with Crippen LogP contribution in [0.15, 0.2) is 13.8 Å². The van der Waals surface area contributed by atoms with Crippen LogP contribution in [0.4, 0.5) is 0 Å². The second-order valence-corrected chi connectivity index (χ2v) is 7.82. The van der Waals surface area contributed by atoms with Crippen LogP contribution in [0.25, 0.3) is 0 Å². The molecule has 1 unspecified atom stereocenters. The van der Waals surface area contributed by atoms with Gasteiger partial charge in [0.05, 0.1) is 13.2 Å². The molecule has 3 heterocycles. The first-order valence-electron chi connectivity index (χ1n) is 7.68. The first kappa shape index (κ1) is 17.1. The van der Waals surface area contributed by atoms with Gasteiger partial charge in [-0.2, -0.15) is 4.31 Å². The molecule has 3 rings (SSSR count). The summed E-state index contributed by atoms with van der Waals surface area (Å²) in [5.41, 5.74) is 0.325. The van der Waals surface area contributed by atoms with Gasteiger partial charge in [-0.3, -0.25) is 0 Å². The number of hydrogen-bond acceptors (Lipinski definition) is 8. The van der Waals surface area contributed by atoms with Gasteiger partial charge in [0.2, 0.25) is 21.8 Å². The zero-order valence-electron chi connectivity index (χ0n) is 14.0. The van der Waals surface area contributed by atoms with Gasteiger partial charge in [0.15, 0.2) is 5.76 Å². The average Bonchev–Trinajstić information content (AvgIpc) is 3.14. The highest BCUT2D eigenvalue weighted by Crippen LogP contribution is 2.32. The fourth-order valence-corrected chi connectivity index (χ4v) is 4.49. The van der Waals surface area contributed by atoms with Crippen LogP contribution in [0.1, 0.15) is 49.0 Å². The summed E-state index contributed by atoms with van der Waals surface area (Å²) in [6.07, 6.45) is 0. The zero-order valence-corrected chi connectivity index (χ0v) is 14.8. The van der Waals surface area contributed by atoms with E-state index in [0.717, 1.165) is 0 Å².